The third kappa shape index (κ3) is 1.28. The molecular weight excluding hydrogens is 232 g/mol. The van der Waals surface area contributed by atoms with Gasteiger partial charge >= 0.3 is 0 Å². The van der Waals surface area contributed by atoms with Crippen molar-refractivity contribution in [3.63, 3.8) is 0 Å². The van der Waals surface area contributed by atoms with E-state index in [1.807, 2.05) is 18.5 Å². The number of aliphatic imine (C=N–C) groups is 1. The summed E-state index contributed by atoms with van der Waals surface area (Å²) in [6, 6.07) is 12.4. The van der Waals surface area contributed by atoms with Crippen LogP contribution in [0.3, 0.4) is 0 Å². The van der Waals surface area contributed by atoms with Crippen molar-refractivity contribution in [1.82, 2.24) is 0 Å². The number of benzene rings is 2. The highest BCUT2D eigenvalue weighted by molar-refractivity contribution is 5.86. The highest BCUT2D eigenvalue weighted by atomic mass is 35.5. The van der Waals surface area contributed by atoms with Crippen LogP contribution in [0.15, 0.2) is 46.4 Å². The van der Waals surface area contributed by atoms with Gasteiger partial charge in [0, 0.05) is 33.6 Å². The lowest BCUT2D eigenvalue weighted by molar-refractivity contribution is 1.37. The normalized spacial score (nSPS) is 12.9. The zero-order valence-electron chi connectivity index (χ0n) is 8.92. The van der Waals surface area contributed by atoms with Crippen molar-refractivity contribution in [3.8, 4) is 0 Å². The minimum atomic E-state index is 0. The molecule has 3 heteroatoms. The van der Waals surface area contributed by atoms with Gasteiger partial charge in [0.05, 0.1) is 11.0 Å². The van der Waals surface area contributed by atoms with Crippen LogP contribution in [-0.2, 0) is 0 Å². The van der Waals surface area contributed by atoms with Gasteiger partial charge in [-0.15, -0.1) is 12.4 Å². The van der Waals surface area contributed by atoms with Crippen molar-refractivity contribution in [2.24, 2.45) is 9.98 Å². The molecular formula is C14H9ClN2. The molecule has 0 radical (unpaired) electrons. The largest absolute Gasteiger partial charge is 0.263 e. The molecule has 0 aliphatic carbocycles. The van der Waals surface area contributed by atoms with Crippen LogP contribution in [0.25, 0.3) is 6.20 Å². The van der Waals surface area contributed by atoms with E-state index in [0.717, 1.165) is 11.0 Å². The van der Waals surface area contributed by atoms with Crippen molar-refractivity contribution in [2.75, 3.05) is 0 Å². The van der Waals surface area contributed by atoms with Crippen LogP contribution in [0.2, 0.25) is 0 Å². The maximum Gasteiger partial charge on any atom is 0.0723 e. The molecule has 0 spiro atoms. The summed E-state index contributed by atoms with van der Waals surface area (Å²) in [5.41, 5.74) is 2.24. The summed E-state index contributed by atoms with van der Waals surface area (Å²) in [4.78, 5) is 8.83. The highest BCUT2D eigenvalue weighted by Crippen LogP contribution is 2.16. The Balaban J connectivity index is 0.000000902. The van der Waals surface area contributed by atoms with Crippen LogP contribution in [-0.4, -0.2) is 6.21 Å². The van der Waals surface area contributed by atoms with E-state index >= 15 is 0 Å². The van der Waals surface area contributed by atoms with Gasteiger partial charge in [-0.3, -0.25) is 4.99 Å². The SMILES string of the molecule is C1=NC=c2c1ccc1c2=c2ccccc2=N1.Cl. The summed E-state index contributed by atoms with van der Waals surface area (Å²) in [5, 5.41) is 4.71. The van der Waals surface area contributed by atoms with Crippen LogP contribution >= 0.6 is 12.4 Å². The highest BCUT2D eigenvalue weighted by Gasteiger charge is 2.08. The Bertz CT molecular complexity index is 851. The average molecular weight is 241 g/mol. The third-order valence-corrected chi connectivity index (χ3v) is 3.09. The Morgan fingerprint density at radius 3 is 2.76 bits per heavy atom. The van der Waals surface area contributed by atoms with E-state index in [9.17, 15) is 0 Å². The molecule has 0 atom stereocenters. The van der Waals surface area contributed by atoms with Gasteiger partial charge in [0.1, 0.15) is 0 Å². The fourth-order valence-corrected chi connectivity index (χ4v) is 2.36. The molecule has 2 nitrogen and oxygen atoms in total. The van der Waals surface area contributed by atoms with Gasteiger partial charge in [-0.2, -0.15) is 0 Å². The van der Waals surface area contributed by atoms with E-state index in [-0.39, 0.29) is 12.4 Å². The molecule has 2 heterocycles. The summed E-state index contributed by atoms with van der Waals surface area (Å²) >= 11 is 0. The van der Waals surface area contributed by atoms with E-state index < -0.39 is 0 Å². The van der Waals surface area contributed by atoms with Crippen LogP contribution < -0.4 is 10.6 Å². The van der Waals surface area contributed by atoms with Crippen LogP contribution in [0, 0.1) is 10.4 Å². The Morgan fingerprint density at radius 1 is 0.941 bits per heavy atom. The maximum atomic E-state index is 4.62. The molecule has 2 aliphatic heterocycles. The van der Waals surface area contributed by atoms with Crippen LogP contribution in [0.1, 0.15) is 5.56 Å². The number of nitrogens with zero attached hydrogens (tertiary/aromatic N) is 2. The first kappa shape index (κ1) is 10.2. The predicted octanol–water partition coefficient (Wildman–Crippen LogP) is 1.83. The van der Waals surface area contributed by atoms with E-state index in [0.29, 0.717) is 0 Å². The van der Waals surface area contributed by atoms with E-state index in [4.69, 9.17) is 0 Å². The van der Waals surface area contributed by atoms with E-state index in [1.54, 1.807) is 0 Å². The van der Waals surface area contributed by atoms with E-state index in [1.165, 1.54) is 21.2 Å². The minimum Gasteiger partial charge on any atom is -0.263 e. The Hall–Kier alpha value is -1.93. The van der Waals surface area contributed by atoms with Gasteiger partial charge in [-0.25, -0.2) is 4.99 Å². The topological polar surface area (TPSA) is 24.7 Å². The van der Waals surface area contributed by atoms with Crippen molar-refractivity contribution >= 4 is 30.5 Å². The molecule has 0 N–H and O–H groups in total. The maximum absolute atomic E-state index is 4.62. The van der Waals surface area contributed by atoms with Gasteiger partial charge in [-0.1, -0.05) is 24.3 Å². The molecule has 0 saturated heterocycles. The van der Waals surface area contributed by atoms with E-state index in [2.05, 4.69) is 40.3 Å². The average Bonchev–Trinajstić information content (AvgIpc) is 2.91. The fourth-order valence-electron chi connectivity index (χ4n) is 2.36. The lowest BCUT2D eigenvalue weighted by Crippen LogP contribution is -2.07. The lowest BCUT2D eigenvalue weighted by atomic mass is 10.1. The molecule has 0 amide bonds. The molecule has 2 aliphatic rings. The smallest absolute Gasteiger partial charge is 0.0723 e. The van der Waals surface area contributed by atoms with Crippen molar-refractivity contribution < 1.29 is 0 Å². The van der Waals surface area contributed by atoms with Crippen molar-refractivity contribution in [1.29, 1.82) is 0 Å². The second kappa shape index (κ2) is 3.54. The number of para-hydroxylation sites is 1. The number of hydrogen-bond donors (Lipinski definition) is 0. The van der Waals surface area contributed by atoms with Crippen LogP contribution in [0.5, 0.6) is 0 Å². The Morgan fingerprint density at radius 2 is 1.82 bits per heavy atom. The van der Waals surface area contributed by atoms with Crippen molar-refractivity contribution in [3.05, 3.63) is 63.0 Å². The molecule has 2 aromatic rings. The van der Waals surface area contributed by atoms with Gasteiger partial charge in [0.25, 0.3) is 0 Å². The molecule has 0 aromatic heterocycles. The lowest BCUT2D eigenvalue weighted by Gasteiger charge is -1.93. The zero-order valence-corrected chi connectivity index (χ0v) is 9.74. The number of fused-ring (bicyclic) bond motifs is 4. The molecule has 0 bridgehead atoms. The van der Waals surface area contributed by atoms with Gasteiger partial charge < -0.3 is 0 Å². The summed E-state index contributed by atoms with van der Waals surface area (Å²) in [6.45, 7) is 0. The van der Waals surface area contributed by atoms with Gasteiger partial charge in [0.15, 0.2) is 0 Å². The van der Waals surface area contributed by atoms with Gasteiger partial charge in [0.2, 0.25) is 0 Å². The standard InChI is InChI=1S/C14H8N2.ClH/c1-2-4-12-10(3-1)14-11-8-15-7-9(11)5-6-13(14)16-12;/h1-8H;1H. The first-order valence-electron chi connectivity index (χ1n) is 5.28. The molecule has 0 unspecified atom stereocenters. The molecule has 4 rings (SSSR count). The Kier molecular flexibility index (Phi) is 2.13. The number of rotatable bonds is 0. The predicted molar refractivity (Wildman–Crippen MR) is 70.3 cm³/mol. The quantitative estimate of drug-likeness (QED) is 0.573. The Labute approximate surface area is 104 Å². The fraction of sp³-hybridized carbons (Fsp3) is 0. The summed E-state index contributed by atoms with van der Waals surface area (Å²) in [6.07, 6.45) is 3.82. The monoisotopic (exact) mass is 240 g/mol. The first-order valence-corrected chi connectivity index (χ1v) is 5.28. The molecule has 2 aromatic carbocycles. The molecule has 17 heavy (non-hydrogen) atoms. The summed E-state index contributed by atoms with van der Waals surface area (Å²) in [5.74, 6) is 0. The summed E-state index contributed by atoms with van der Waals surface area (Å²) in [7, 11) is 0. The molecule has 0 fully saturated rings. The number of hydrogen-bond acceptors (Lipinski definition) is 2. The zero-order chi connectivity index (χ0) is 10.5. The second-order valence-corrected chi connectivity index (χ2v) is 4.00. The molecule has 0 saturated carbocycles. The molecule has 82 valence electrons. The van der Waals surface area contributed by atoms with Gasteiger partial charge in [-0.05, 0) is 12.1 Å². The third-order valence-electron chi connectivity index (χ3n) is 3.09. The van der Waals surface area contributed by atoms with Crippen molar-refractivity contribution in [2.45, 2.75) is 0 Å². The first-order chi connectivity index (χ1) is 7.93. The summed E-state index contributed by atoms with van der Waals surface area (Å²) < 4.78 is 0. The minimum absolute atomic E-state index is 0. The number of halogens is 1. The van der Waals surface area contributed by atoms with Crippen LogP contribution in [0.4, 0.5) is 5.69 Å². The second-order valence-electron chi connectivity index (χ2n) is 4.00.